The van der Waals surface area contributed by atoms with Gasteiger partial charge in [0.1, 0.15) is 30.4 Å². The van der Waals surface area contributed by atoms with Crippen LogP contribution in [0.1, 0.15) is 22.3 Å². The third kappa shape index (κ3) is 3.80. The molecule has 0 N–H and O–H groups in total. The van der Waals surface area contributed by atoms with E-state index in [-0.39, 0.29) is 12.4 Å². The maximum atomic E-state index is 5.21. The zero-order chi connectivity index (χ0) is 16.4. The lowest BCUT2D eigenvalue weighted by atomic mass is 10.1. The zero-order valence-electron chi connectivity index (χ0n) is 14.6. The van der Waals surface area contributed by atoms with Crippen molar-refractivity contribution in [3.8, 4) is 11.4 Å². The van der Waals surface area contributed by atoms with E-state index in [0.29, 0.717) is 0 Å². The Morgan fingerprint density at radius 3 is 2.21 bits per heavy atom. The molecule has 2 aromatic carbocycles. The van der Waals surface area contributed by atoms with Crippen molar-refractivity contribution in [2.45, 2.75) is 27.3 Å². The maximum absolute atomic E-state index is 5.21. The fraction of sp³-hybridized carbons (Fsp3) is 0.250. The van der Waals surface area contributed by atoms with Crippen LogP contribution >= 0.6 is 0 Å². The van der Waals surface area contributed by atoms with Crippen molar-refractivity contribution in [3.05, 3.63) is 77.4 Å². The molecule has 0 spiro atoms. The molecule has 1 aromatic heterocycles. The standard InChI is InChI=1S/C20H23N2O.ClH/c1-15-11-16(2)20(17(3)12-15)22-10-9-21(14-22)13-18-5-7-19(23-4)8-6-18;/h5-12,14H,13H2,1-4H3;1H/q+1;/p-1. The van der Waals surface area contributed by atoms with Crippen LogP contribution < -0.4 is 21.7 Å². The van der Waals surface area contributed by atoms with Gasteiger partial charge in [-0.15, -0.1) is 0 Å². The lowest BCUT2D eigenvalue weighted by Crippen LogP contribution is -3.00. The lowest BCUT2D eigenvalue weighted by molar-refractivity contribution is -0.687. The van der Waals surface area contributed by atoms with Gasteiger partial charge in [-0.3, -0.25) is 0 Å². The first-order valence-corrected chi connectivity index (χ1v) is 7.85. The second kappa shape index (κ2) is 7.54. The summed E-state index contributed by atoms with van der Waals surface area (Å²) in [6, 6.07) is 12.7. The Morgan fingerprint density at radius 2 is 1.62 bits per heavy atom. The summed E-state index contributed by atoms with van der Waals surface area (Å²) < 4.78 is 9.60. The van der Waals surface area contributed by atoms with Crippen molar-refractivity contribution in [1.29, 1.82) is 0 Å². The van der Waals surface area contributed by atoms with Crippen LogP contribution in [-0.4, -0.2) is 11.7 Å². The number of aromatic nitrogens is 2. The Balaban J connectivity index is 0.00000208. The molecule has 0 aliphatic rings. The van der Waals surface area contributed by atoms with Gasteiger partial charge in [-0.1, -0.05) is 29.8 Å². The summed E-state index contributed by atoms with van der Waals surface area (Å²) in [5.41, 5.74) is 6.43. The SMILES string of the molecule is COc1ccc(C[n+]2ccn(-c3c(C)cc(C)cc3C)c2)cc1.[Cl-]. The number of ether oxygens (including phenoxy) is 1. The number of hydrogen-bond acceptors (Lipinski definition) is 1. The number of rotatable bonds is 4. The van der Waals surface area contributed by atoms with Crippen LogP contribution in [0.25, 0.3) is 5.69 Å². The summed E-state index contributed by atoms with van der Waals surface area (Å²) in [7, 11) is 1.69. The molecule has 0 saturated heterocycles. The van der Waals surface area contributed by atoms with Crippen LogP contribution in [-0.2, 0) is 6.54 Å². The quantitative estimate of drug-likeness (QED) is 0.640. The number of hydrogen-bond donors (Lipinski definition) is 0. The summed E-state index contributed by atoms with van der Waals surface area (Å²) in [6.07, 6.45) is 6.38. The molecule has 4 heteroatoms. The lowest BCUT2D eigenvalue weighted by Gasteiger charge is -2.07. The average Bonchev–Trinajstić information content (AvgIpc) is 2.95. The molecule has 0 atom stereocenters. The Kier molecular flexibility index (Phi) is 5.68. The van der Waals surface area contributed by atoms with Gasteiger partial charge in [-0.2, -0.15) is 0 Å². The Hall–Kier alpha value is -2.26. The predicted molar refractivity (Wildman–Crippen MR) is 92.3 cm³/mol. The Labute approximate surface area is 149 Å². The van der Waals surface area contributed by atoms with Crippen LogP contribution in [0.5, 0.6) is 5.75 Å². The number of imidazole rings is 1. The first-order valence-electron chi connectivity index (χ1n) is 7.85. The molecular weight excluding hydrogens is 320 g/mol. The normalized spacial score (nSPS) is 10.3. The van der Waals surface area contributed by atoms with E-state index in [1.807, 2.05) is 12.1 Å². The van der Waals surface area contributed by atoms with Crippen molar-refractivity contribution in [1.82, 2.24) is 4.57 Å². The van der Waals surface area contributed by atoms with Crippen LogP contribution in [0.4, 0.5) is 0 Å². The third-order valence-electron chi connectivity index (χ3n) is 4.11. The van der Waals surface area contributed by atoms with Crippen molar-refractivity contribution in [2.75, 3.05) is 7.11 Å². The van der Waals surface area contributed by atoms with Gasteiger partial charge >= 0.3 is 0 Å². The molecule has 0 amide bonds. The summed E-state index contributed by atoms with van der Waals surface area (Å²) in [6.45, 7) is 7.33. The van der Waals surface area contributed by atoms with E-state index in [1.165, 1.54) is 27.9 Å². The highest BCUT2D eigenvalue weighted by atomic mass is 35.5. The van der Waals surface area contributed by atoms with Gasteiger partial charge in [0.25, 0.3) is 0 Å². The number of halogens is 1. The molecule has 0 bridgehead atoms. The molecule has 24 heavy (non-hydrogen) atoms. The Bertz CT molecular complexity index is 799. The molecule has 0 unspecified atom stereocenters. The molecule has 3 nitrogen and oxygen atoms in total. The number of benzene rings is 2. The van der Waals surface area contributed by atoms with Gasteiger partial charge in [0.05, 0.1) is 7.11 Å². The highest BCUT2D eigenvalue weighted by Crippen LogP contribution is 2.20. The van der Waals surface area contributed by atoms with Crippen LogP contribution in [0.2, 0.25) is 0 Å². The van der Waals surface area contributed by atoms with Gasteiger partial charge in [-0.25, -0.2) is 9.13 Å². The molecule has 0 radical (unpaired) electrons. The minimum atomic E-state index is 0. The second-order valence-corrected chi connectivity index (χ2v) is 6.09. The van der Waals surface area contributed by atoms with Gasteiger partial charge in [-0.05, 0) is 49.6 Å². The van der Waals surface area contributed by atoms with E-state index in [4.69, 9.17) is 4.74 Å². The molecule has 3 aromatic rings. The largest absolute Gasteiger partial charge is 1.00 e. The van der Waals surface area contributed by atoms with Crippen LogP contribution in [0.3, 0.4) is 0 Å². The second-order valence-electron chi connectivity index (χ2n) is 6.09. The van der Waals surface area contributed by atoms with E-state index in [1.54, 1.807) is 7.11 Å². The van der Waals surface area contributed by atoms with E-state index in [9.17, 15) is 0 Å². The van der Waals surface area contributed by atoms with Gasteiger partial charge in [0.2, 0.25) is 6.33 Å². The highest BCUT2D eigenvalue weighted by Gasteiger charge is 2.13. The van der Waals surface area contributed by atoms with Crippen molar-refractivity contribution >= 4 is 0 Å². The van der Waals surface area contributed by atoms with Crippen molar-refractivity contribution in [2.24, 2.45) is 0 Å². The first-order chi connectivity index (χ1) is 11.1. The van der Waals surface area contributed by atoms with Crippen LogP contribution in [0.15, 0.2) is 55.1 Å². The minimum Gasteiger partial charge on any atom is -1.00 e. The maximum Gasteiger partial charge on any atom is 0.249 e. The van der Waals surface area contributed by atoms with E-state index >= 15 is 0 Å². The zero-order valence-corrected chi connectivity index (χ0v) is 15.3. The number of nitrogens with zero attached hydrogens (tertiary/aromatic N) is 2. The predicted octanol–water partition coefficient (Wildman–Crippen LogP) is 0.751. The van der Waals surface area contributed by atoms with E-state index in [0.717, 1.165) is 12.3 Å². The van der Waals surface area contributed by atoms with Crippen molar-refractivity contribution in [3.63, 3.8) is 0 Å². The average molecular weight is 343 g/mol. The Morgan fingerprint density at radius 1 is 1.00 bits per heavy atom. The molecular formula is C20H23ClN2O. The summed E-state index contributed by atoms with van der Waals surface area (Å²) >= 11 is 0. The summed E-state index contributed by atoms with van der Waals surface area (Å²) in [5.74, 6) is 0.891. The summed E-state index contributed by atoms with van der Waals surface area (Å²) in [4.78, 5) is 0. The van der Waals surface area contributed by atoms with E-state index < -0.39 is 0 Å². The fourth-order valence-electron chi connectivity index (χ4n) is 3.14. The monoisotopic (exact) mass is 342 g/mol. The molecule has 0 saturated carbocycles. The molecule has 0 aliphatic carbocycles. The number of methoxy groups -OCH3 is 1. The number of aryl methyl sites for hydroxylation is 3. The fourth-order valence-corrected chi connectivity index (χ4v) is 3.14. The van der Waals surface area contributed by atoms with Gasteiger partial charge in [0.15, 0.2) is 0 Å². The van der Waals surface area contributed by atoms with Gasteiger partial charge in [0, 0.05) is 0 Å². The summed E-state index contributed by atoms with van der Waals surface area (Å²) in [5, 5.41) is 0. The molecule has 1 heterocycles. The minimum absolute atomic E-state index is 0. The third-order valence-corrected chi connectivity index (χ3v) is 4.11. The van der Waals surface area contributed by atoms with E-state index in [2.05, 4.69) is 72.9 Å². The molecule has 3 rings (SSSR count). The van der Waals surface area contributed by atoms with Crippen molar-refractivity contribution < 1.29 is 21.7 Å². The smallest absolute Gasteiger partial charge is 0.249 e. The molecule has 0 fully saturated rings. The van der Waals surface area contributed by atoms with Crippen LogP contribution in [0, 0.1) is 20.8 Å². The molecule has 126 valence electrons. The van der Waals surface area contributed by atoms with Gasteiger partial charge < -0.3 is 17.1 Å². The first kappa shape index (κ1) is 18.1. The molecule has 0 aliphatic heterocycles. The topological polar surface area (TPSA) is 18.0 Å². The highest BCUT2D eigenvalue weighted by molar-refractivity contribution is 5.48.